The van der Waals surface area contributed by atoms with Gasteiger partial charge in [0.25, 0.3) is 5.91 Å². The summed E-state index contributed by atoms with van der Waals surface area (Å²) in [5.74, 6) is -0.549. The van der Waals surface area contributed by atoms with Gasteiger partial charge in [-0.2, -0.15) is 5.10 Å². The molecule has 0 fully saturated rings. The van der Waals surface area contributed by atoms with Crippen LogP contribution in [0, 0.1) is 6.92 Å². The molecule has 3 N–H and O–H groups in total. The van der Waals surface area contributed by atoms with Crippen LogP contribution >= 0.6 is 0 Å². The first-order valence-corrected chi connectivity index (χ1v) is 10.8. The number of amides is 1. The summed E-state index contributed by atoms with van der Waals surface area (Å²) < 4.78 is 29.1. The Labute approximate surface area is 179 Å². The maximum absolute atomic E-state index is 12.3. The Bertz CT molecular complexity index is 1170. The van der Waals surface area contributed by atoms with Crippen molar-refractivity contribution in [3.05, 3.63) is 71.7 Å². The van der Waals surface area contributed by atoms with E-state index in [1.54, 1.807) is 43.5 Å². The molecule has 2 heterocycles. The molecular formula is C20H21N5O5S. The van der Waals surface area contributed by atoms with Crippen LogP contribution in [-0.4, -0.2) is 48.2 Å². The Balaban J connectivity index is 1.47. The van der Waals surface area contributed by atoms with Crippen molar-refractivity contribution in [3.63, 3.8) is 0 Å². The van der Waals surface area contributed by atoms with Crippen molar-refractivity contribution < 1.29 is 22.7 Å². The van der Waals surface area contributed by atoms with Crippen LogP contribution in [0.1, 0.15) is 21.6 Å². The van der Waals surface area contributed by atoms with Crippen molar-refractivity contribution >= 4 is 21.9 Å². The highest BCUT2D eigenvalue weighted by atomic mass is 32.2. The van der Waals surface area contributed by atoms with E-state index in [0.717, 1.165) is 5.56 Å². The number of aromatic nitrogens is 3. The fourth-order valence-electron chi connectivity index (χ4n) is 2.77. The average molecular weight is 443 g/mol. The van der Waals surface area contributed by atoms with Crippen LogP contribution in [0.15, 0.2) is 59.8 Å². The minimum Gasteiger partial charge on any atom is -0.452 e. The third kappa shape index (κ3) is 5.74. The summed E-state index contributed by atoms with van der Waals surface area (Å²) in [6.07, 6.45) is 3.46. The van der Waals surface area contributed by atoms with Crippen molar-refractivity contribution in [1.82, 2.24) is 20.1 Å². The fourth-order valence-corrected chi connectivity index (χ4v) is 3.29. The summed E-state index contributed by atoms with van der Waals surface area (Å²) >= 11 is 0. The van der Waals surface area contributed by atoms with E-state index in [4.69, 9.17) is 9.88 Å². The number of rotatable bonds is 8. The fraction of sp³-hybridized carbons (Fsp3) is 0.200. The summed E-state index contributed by atoms with van der Waals surface area (Å²) in [7, 11) is -3.74. The van der Waals surface area contributed by atoms with Crippen molar-refractivity contribution in [2.45, 2.75) is 18.2 Å². The topological polar surface area (TPSA) is 146 Å². The third-order valence-electron chi connectivity index (χ3n) is 4.42. The van der Waals surface area contributed by atoms with Gasteiger partial charge >= 0.3 is 5.97 Å². The van der Waals surface area contributed by atoms with Crippen molar-refractivity contribution in [3.8, 4) is 5.82 Å². The standard InChI is InChI=1S/C20H21N5O5S/c1-14-17(12-24-25(14)18-4-2-3-10-22-18)20(27)30-13-19(26)23-11-9-15-5-7-16(8-6-15)31(21,28)29/h2-8,10,12H,9,11,13H2,1H3,(H,23,26)(H2,21,28,29). The first-order chi connectivity index (χ1) is 14.8. The Morgan fingerprint density at radius 3 is 2.55 bits per heavy atom. The first-order valence-electron chi connectivity index (χ1n) is 9.27. The van der Waals surface area contributed by atoms with Gasteiger partial charge in [-0.15, -0.1) is 0 Å². The van der Waals surface area contributed by atoms with E-state index in [-0.39, 0.29) is 10.5 Å². The van der Waals surface area contributed by atoms with E-state index in [2.05, 4.69) is 15.4 Å². The van der Waals surface area contributed by atoms with E-state index in [9.17, 15) is 18.0 Å². The van der Waals surface area contributed by atoms with Crippen LogP contribution in [-0.2, 0) is 26.0 Å². The second kappa shape index (κ2) is 9.49. The monoisotopic (exact) mass is 443 g/mol. The quantitative estimate of drug-likeness (QED) is 0.488. The van der Waals surface area contributed by atoms with Gasteiger partial charge < -0.3 is 10.1 Å². The number of primary sulfonamides is 1. The van der Waals surface area contributed by atoms with Gasteiger partial charge in [-0.1, -0.05) is 18.2 Å². The number of carbonyl (C=O) groups is 2. The lowest BCUT2D eigenvalue weighted by Crippen LogP contribution is -2.30. The van der Waals surface area contributed by atoms with Gasteiger partial charge in [0.1, 0.15) is 5.56 Å². The highest BCUT2D eigenvalue weighted by Crippen LogP contribution is 2.13. The van der Waals surface area contributed by atoms with Crippen molar-refractivity contribution in [1.29, 1.82) is 0 Å². The molecule has 3 rings (SSSR count). The predicted octanol–water partition coefficient (Wildman–Crippen LogP) is 0.739. The van der Waals surface area contributed by atoms with Gasteiger partial charge in [-0.05, 0) is 43.2 Å². The molecule has 1 aromatic carbocycles. The Morgan fingerprint density at radius 2 is 1.90 bits per heavy atom. The second-order valence-corrected chi connectivity index (χ2v) is 8.17. The molecular weight excluding hydrogens is 422 g/mol. The van der Waals surface area contributed by atoms with Gasteiger partial charge in [-0.25, -0.2) is 28.0 Å². The molecule has 0 unspecified atom stereocenters. The molecule has 0 saturated heterocycles. The molecule has 162 valence electrons. The summed E-state index contributed by atoms with van der Waals surface area (Å²) in [5.41, 5.74) is 1.61. The number of hydrogen-bond acceptors (Lipinski definition) is 7. The number of ether oxygens (including phenoxy) is 1. The lowest BCUT2D eigenvalue weighted by Gasteiger charge is -2.07. The molecule has 0 radical (unpaired) electrons. The Hall–Kier alpha value is -3.57. The molecule has 0 spiro atoms. The average Bonchev–Trinajstić information content (AvgIpc) is 3.14. The van der Waals surface area contributed by atoms with Crippen molar-refractivity contribution in [2.24, 2.45) is 5.14 Å². The van der Waals surface area contributed by atoms with Crippen LogP contribution in [0.3, 0.4) is 0 Å². The van der Waals surface area contributed by atoms with Gasteiger partial charge in [0.2, 0.25) is 10.0 Å². The molecule has 0 aliphatic rings. The third-order valence-corrected chi connectivity index (χ3v) is 5.35. The maximum Gasteiger partial charge on any atom is 0.342 e. The normalized spacial score (nSPS) is 11.2. The van der Waals surface area contributed by atoms with Gasteiger partial charge in [0.15, 0.2) is 12.4 Å². The first kappa shape index (κ1) is 22.1. The number of benzene rings is 1. The van der Waals surface area contributed by atoms with Gasteiger partial charge in [-0.3, -0.25) is 4.79 Å². The molecule has 2 aromatic heterocycles. The zero-order chi connectivity index (χ0) is 22.4. The second-order valence-electron chi connectivity index (χ2n) is 6.61. The number of esters is 1. The Morgan fingerprint density at radius 1 is 1.16 bits per heavy atom. The van der Waals surface area contributed by atoms with Crippen molar-refractivity contribution in [2.75, 3.05) is 13.2 Å². The van der Waals surface area contributed by atoms with E-state index >= 15 is 0 Å². The molecule has 10 nitrogen and oxygen atoms in total. The number of hydrogen-bond donors (Lipinski definition) is 2. The molecule has 0 aliphatic carbocycles. The largest absolute Gasteiger partial charge is 0.452 e. The Kier molecular flexibility index (Phi) is 6.78. The minimum absolute atomic E-state index is 0.0221. The summed E-state index contributed by atoms with van der Waals surface area (Å²) in [6, 6.07) is 11.4. The summed E-state index contributed by atoms with van der Waals surface area (Å²) in [5, 5.41) is 11.8. The van der Waals surface area contributed by atoms with Crippen LogP contribution in [0.2, 0.25) is 0 Å². The molecule has 1 amide bonds. The number of nitrogens with zero attached hydrogens (tertiary/aromatic N) is 3. The van der Waals surface area contributed by atoms with Crippen LogP contribution < -0.4 is 10.5 Å². The zero-order valence-corrected chi connectivity index (χ0v) is 17.5. The molecule has 0 atom stereocenters. The molecule has 11 heteroatoms. The van der Waals surface area contributed by atoms with Crippen LogP contribution in [0.25, 0.3) is 5.82 Å². The molecule has 31 heavy (non-hydrogen) atoms. The number of nitrogens with one attached hydrogen (secondary N) is 1. The maximum atomic E-state index is 12.3. The number of carbonyl (C=O) groups excluding carboxylic acids is 2. The molecule has 0 aliphatic heterocycles. The molecule has 3 aromatic rings. The number of pyridine rings is 1. The lowest BCUT2D eigenvalue weighted by atomic mass is 10.1. The molecule has 0 bridgehead atoms. The smallest absolute Gasteiger partial charge is 0.342 e. The van der Waals surface area contributed by atoms with E-state index in [0.29, 0.717) is 24.5 Å². The number of sulfonamides is 1. The number of nitrogens with two attached hydrogens (primary N) is 1. The predicted molar refractivity (Wildman–Crippen MR) is 111 cm³/mol. The van der Waals surface area contributed by atoms with E-state index in [1.165, 1.54) is 23.0 Å². The van der Waals surface area contributed by atoms with Crippen LogP contribution in [0.4, 0.5) is 0 Å². The lowest BCUT2D eigenvalue weighted by molar-refractivity contribution is -0.124. The SMILES string of the molecule is Cc1c(C(=O)OCC(=O)NCCc2ccc(S(N)(=O)=O)cc2)cnn1-c1ccccn1. The summed E-state index contributed by atoms with van der Waals surface area (Å²) in [4.78, 5) is 28.4. The highest BCUT2D eigenvalue weighted by Gasteiger charge is 2.18. The van der Waals surface area contributed by atoms with Crippen LogP contribution in [0.5, 0.6) is 0 Å². The highest BCUT2D eigenvalue weighted by molar-refractivity contribution is 7.89. The zero-order valence-electron chi connectivity index (χ0n) is 16.7. The minimum atomic E-state index is -3.74. The van der Waals surface area contributed by atoms with Gasteiger partial charge in [0, 0.05) is 12.7 Å². The van der Waals surface area contributed by atoms with E-state index < -0.39 is 28.5 Å². The van der Waals surface area contributed by atoms with E-state index in [1.807, 2.05) is 0 Å². The summed E-state index contributed by atoms with van der Waals surface area (Å²) in [6.45, 7) is 1.57. The molecule has 0 saturated carbocycles. The van der Waals surface area contributed by atoms with Gasteiger partial charge in [0.05, 0.1) is 16.8 Å².